The van der Waals surface area contributed by atoms with Crippen LogP contribution in [0.3, 0.4) is 0 Å². The van der Waals surface area contributed by atoms with E-state index < -0.39 is 4.92 Å². The number of aromatic nitrogens is 2. The first-order valence-corrected chi connectivity index (χ1v) is 5.98. The molecule has 0 saturated carbocycles. The van der Waals surface area contributed by atoms with Crippen molar-refractivity contribution in [3.05, 3.63) is 40.2 Å². The third kappa shape index (κ3) is 2.66. The Morgan fingerprint density at radius 3 is 2.88 bits per heavy atom. The van der Waals surface area contributed by atoms with Crippen LogP contribution < -0.4 is 0 Å². The van der Waals surface area contributed by atoms with Crippen molar-refractivity contribution in [1.82, 2.24) is 9.36 Å². The van der Waals surface area contributed by atoms with E-state index >= 15 is 0 Å². The molecule has 0 bridgehead atoms. The Kier molecular flexibility index (Phi) is 3.45. The van der Waals surface area contributed by atoms with E-state index in [1.54, 1.807) is 6.07 Å². The molecule has 0 aliphatic rings. The zero-order chi connectivity index (χ0) is 12.3. The number of benzene rings is 1. The summed E-state index contributed by atoms with van der Waals surface area (Å²) >= 11 is 2.53. The number of carbonyl (C=O) groups is 1. The number of nitrogens with zero attached hydrogens (tertiary/aromatic N) is 3. The van der Waals surface area contributed by atoms with Gasteiger partial charge in [-0.05, 0) is 23.7 Å². The Morgan fingerprint density at radius 2 is 2.29 bits per heavy atom. The summed E-state index contributed by atoms with van der Waals surface area (Å²) in [4.78, 5) is 25.5. The minimum absolute atomic E-state index is 0.0597. The van der Waals surface area contributed by atoms with Crippen molar-refractivity contribution in [3.63, 3.8) is 0 Å². The summed E-state index contributed by atoms with van der Waals surface area (Å²) < 4.78 is 4.56. The topological polar surface area (TPSA) is 86.0 Å². The number of aldehydes is 1. The number of rotatable bonds is 4. The number of carbonyl (C=O) groups excluding carboxylic acids is 1. The molecule has 2 rings (SSSR count). The molecule has 0 radical (unpaired) electrons. The minimum atomic E-state index is -0.580. The second kappa shape index (κ2) is 5.02. The van der Waals surface area contributed by atoms with E-state index in [1.807, 2.05) is 0 Å². The van der Waals surface area contributed by atoms with E-state index in [9.17, 15) is 14.9 Å². The van der Waals surface area contributed by atoms with Crippen LogP contribution in [0.5, 0.6) is 0 Å². The lowest BCUT2D eigenvalue weighted by molar-refractivity contribution is -0.385. The van der Waals surface area contributed by atoms with Crippen LogP contribution in [0.4, 0.5) is 5.69 Å². The van der Waals surface area contributed by atoms with Crippen molar-refractivity contribution in [2.75, 3.05) is 0 Å². The van der Waals surface area contributed by atoms with Gasteiger partial charge in [-0.2, -0.15) is 4.37 Å². The molecular weight excluding hydrogens is 262 g/mol. The lowest BCUT2D eigenvalue weighted by Gasteiger charge is -1.99. The van der Waals surface area contributed by atoms with Crippen molar-refractivity contribution in [2.45, 2.75) is 9.24 Å². The Balaban J connectivity index is 2.31. The van der Waals surface area contributed by atoms with E-state index in [0.29, 0.717) is 6.29 Å². The van der Waals surface area contributed by atoms with Gasteiger partial charge in [-0.3, -0.25) is 14.9 Å². The molecule has 1 aromatic heterocycles. The fraction of sp³-hybridized carbons (Fsp3) is 0. The normalized spacial score (nSPS) is 10.1. The highest BCUT2D eigenvalue weighted by Crippen LogP contribution is 2.30. The average Bonchev–Trinajstić information content (AvgIpc) is 2.81. The van der Waals surface area contributed by atoms with Crippen LogP contribution in [0.2, 0.25) is 0 Å². The molecule has 0 unspecified atom stereocenters. The zero-order valence-electron chi connectivity index (χ0n) is 8.27. The van der Waals surface area contributed by atoms with Crippen molar-refractivity contribution < 1.29 is 9.72 Å². The second-order valence-electron chi connectivity index (χ2n) is 2.90. The fourth-order valence-electron chi connectivity index (χ4n) is 1.17. The molecule has 17 heavy (non-hydrogen) atoms. The third-order valence-corrected chi connectivity index (χ3v) is 3.57. The lowest BCUT2D eigenvalue weighted by Crippen LogP contribution is -1.94. The maximum Gasteiger partial charge on any atom is 0.279 e. The van der Waals surface area contributed by atoms with E-state index in [1.165, 1.54) is 41.8 Å². The monoisotopic (exact) mass is 267 g/mol. The molecule has 0 amide bonds. The summed E-state index contributed by atoms with van der Waals surface area (Å²) in [5, 5.41) is 10.6. The van der Waals surface area contributed by atoms with Crippen LogP contribution in [-0.4, -0.2) is 20.6 Å². The highest BCUT2D eigenvalue weighted by Gasteiger charge is 2.14. The first kappa shape index (κ1) is 11.7. The molecule has 0 fully saturated rings. The number of nitro groups is 1. The molecule has 8 heteroatoms. The summed E-state index contributed by atoms with van der Waals surface area (Å²) in [6.07, 6.45) is 1.90. The molecule has 6 nitrogen and oxygen atoms in total. The lowest BCUT2D eigenvalue weighted by atomic mass is 10.2. The molecule has 0 spiro atoms. The van der Waals surface area contributed by atoms with Crippen LogP contribution in [0.15, 0.2) is 33.8 Å². The van der Waals surface area contributed by atoms with E-state index in [2.05, 4.69) is 9.36 Å². The molecule has 86 valence electrons. The molecule has 0 saturated heterocycles. The van der Waals surface area contributed by atoms with Crippen LogP contribution in [0, 0.1) is 10.1 Å². The van der Waals surface area contributed by atoms with E-state index in [4.69, 9.17) is 0 Å². The van der Waals surface area contributed by atoms with Crippen LogP contribution >= 0.6 is 23.3 Å². The molecular formula is C9H5N3O3S2. The van der Waals surface area contributed by atoms with Gasteiger partial charge in [-0.1, -0.05) is 11.8 Å². The maximum absolute atomic E-state index is 10.7. The van der Waals surface area contributed by atoms with Gasteiger partial charge in [0.05, 0.1) is 10.5 Å². The van der Waals surface area contributed by atoms with Gasteiger partial charge < -0.3 is 0 Å². The molecule has 1 heterocycles. The fourth-order valence-corrected chi connectivity index (χ4v) is 2.63. The van der Waals surface area contributed by atoms with Gasteiger partial charge in [0.25, 0.3) is 5.69 Å². The maximum atomic E-state index is 10.7. The first-order chi connectivity index (χ1) is 8.20. The number of nitro benzene ring substituents is 1. The predicted octanol–water partition coefficient (Wildman–Crippen LogP) is 2.41. The summed E-state index contributed by atoms with van der Waals surface area (Å²) in [5.74, 6) is 0. The Labute approximate surface area is 104 Å². The highest BCUT2D eigenvalue weighted by atomic mass is 32.2. The van der Waals surface area contributed by atoms with Crippen LogP contribution in [0.25, 0.3) is 0 Å². The molecule has 0 N–H and O–H groups in total. The molecule has 2 aromatic rings. The Morgan fingerprint density at radius 1 is 1.47 bits per heavy atom. The zero-order valence-corrected chi connectivity index (χ0v) is 9.90. The van der Waals surface area contributed by atoms with Gasteiger partial charge in [-0.15, -0.1) is 0 Å². The minimum Gasteiger partial charge on any atom is -0.298 e. The quantitative estimate of drug-likeness (QED) is 0.480. The summed E-state index contributed by atoms with van der Waals surface area (Å²) in [5.41, 5.74) is -0.133. The van der Waals surface area contributed by atoms with Crippen molar-refractivity contribution in [3.8, 4) is 0 Å². The van der Waals surface area contributed by atoms with Gasteiger partial charge in [0.1, 0.15) is 6.33 Å². The van der Waals surface area contributed by atoms with Gasteiger partial charge in [0.15, 0.2) is 10.6 Å². The van der Waals surface area contributed by atoms with Crippen molar-refractivity contribution in [2.24, 2.45) is 0 Å². The highest BCUT2D eigenvalue weighted by molar-refractivity contribution is 8.01. The van der Waals surface area contributed by atoms with Gasteiger partial charge >= 0.3 is 0 Å². The third-order valence-electron chi connectivity index (χ3n) is 1.87. The van der Waals surface area contributed by atoms with Crippen LogP contribution in [-0.2, 0) is 0 Å². The van der Waals surface area contributed by atoms with Crippen molar-refractivity contribution in [1.29, 1.82) is 0 Å². The van der Waals surface area contributed by atoms with E-state index in [-0.39, 0.29) is 11.3 Å². The van der Waals surface area contributed by atoms with Crippen LogP contribution in [0.1, 0.15) is 10.4 Å². The molecule has 0 aliphatic heterocycles. The summed E-state index contributed by atoms with van der Waals surface area (Å²) in [6.45, 7) is 0. The largest absolute Gasteiger partial charge is 0.298 e. The molecule has 1 aromatic carbocycles. The van der Waals surface area contributed by atoms with E-state index in [0.717, 1.165) is 9.24 Å². The van der Waals surface area contributed by atoms with Crippen molar-refractivity contribution >= 4 is 35.3 Å². The summed E-state index contributed by atoms with van der Waals surface area (Å²) in [7, 11) is 0. The summed E-state index contributed by atoms with van der Waals surface area (Å²) in [6, 6.07) is 4.36. The number of hydrogen-bond donors (Lipinski definition) is 0. The van der Waals surface area contributed by atoms with Gasteiger partial charge in [-0.25, -0.2) is 4.98 Å². The SMILES string of the molecule is O=Cc1cc(Sc2ncns2)ccc1[N+](=O)[O-]. The smallest absolute Gasteiger partial charge is 0.279 e. The Hall–Kier alpha value is -1.80. The predicted molar refractivity (Wildman–Crippen MR) is 62.5 cm³/mol. The molecule has 0 atom stereocenters. The second-order valence-corrected chi connectivity index (χ2v) is 5.01. The molecule has 0 aliphatic carbocycles. The average molecular weight is 267 g/mol. The Bertz CT molecular complexity index is 557. The van der Waals surface area contributed by atoms with Gasteiger partial charge in [0, 0.05) is 11.0 Å². The number of hydrogen-bond acceptors (Lipinski definition) is 7. The van der Waals surface area contributed by atoms with Gasteiger partial charge in [0.2, 0.25) is 0 Å². The standard InChI is InChI=1S/C9H5N3O3S2/c13-4-6-3-7(1-2-8(6)12(14)15)16-9-10-5-11-17-9/h1-5H. The first-order valence-electron chi connectivity index (χ1n) is 4.39.